The number of hydrogen-bond acceptors (Lipinski definition) is 4. The number of rotatable bonds is 5. The molecule has 1 saturated heterocycles. The first-order valence-electron chi connectivity index (χ1n) is 9.44. The molecule has 142 valence electrons. The van der Waals surface area contributed by atoms with Gasteiger partial charge < -0.3 is 20.3 Å². The monoisotopic (exact) mass is 359 g/mol. The number of ether oxygens (including phenoxy) is 1. The molecular weight excluding hydrogens is 330 g/mol. The first kappa shape index (κ1) is 18.5. The van der Waals surface area contributed by atoms with Crippen LogP contribution in [0.2, 0.25) is 0 Å². The molecule has 1 aromatic rings. The fourth-order valence-corrected chi connectivity index (χ4v) is 3.72. The van der Waals surface area contributed by atoms with Crippen LogP contribution in [0.15, 0.2) is 23.3 Å². The molecule has 1 saturated carbocycles. The third kappa shape index (κ3) is 4.65. The molecule has 0 spiro atoms. The summed E-state index contributed by atoms with van der Waals surface area (Å²) in [5.41, 5.74) is 1.05. The zero-order valence-electron chi connectivity index (χ0n) is 15.7. The summed E-state index contributed by atoms with van der Waals surface area (Å²) < 4.78 is 5.07. The zero-order chi connectivity index (χ0) is 18.4. The van der Waals surface area contributed by atoms with Crippen molar-refractivity contribution in [2.75, 3.05) is 27.2 Å². The number of likely N-dealkylation sites (tertiary alicyclic amines) is 1. The maximum atomic E-state index is 12.5. The summed E-state index contributed by atoms with van der Waals surface area (Å²) in [6.45, 7) is 2.24. The largest absolute Gasteiger partial charge is 0.481 e. The van der Waals surface area contributed by atoms with Crippen molar-refractivity contribution in [1.29, 1.82) is 0 Å². The number of nitrogens with zero attached hydrogens (tertiary/aromatic N) is 3. The van der Waals surface area contributed by atoms with E-state index in [1.807, 2.05) is 17.0 Å². The molecule has 0 aromatic carbocycles. The highest BCUT2D eigenvalue weighted by atomic mass is 16.5. The Morgan fingerprint density at radius 2 is 2.15 bits per heavy atom. The lowest BCUT2D eigenvalue weighted by atomic mass is 10.1. The van der Waals surface area contributed by atoms with Gasteiger partial charge in [0.2, 0.25) is 11.8 Å². The second-order valence-electron chi connectivity index (χ2n) is 7.03. The number of nitrogens with one attached hydrogen (secondary N) is 2. The third-order valence-electron chi connectivity index (χ3n) is 5.24. The molecule has 26 heavy (non-hydrogen) atoms. The number of pyridine rings is 1. The maximum absolute atomic E-state index is 12.5. The van der Waals surface area contributed by atoms with Gasteiger partial charge in [-0.2, -0.15) is 0 Å². The molecule has 2 N–H and O–H groups in total. The van der Waals surface area contributed by atoms with Gasteiger partial charge in [0.05, 0.1) is 7.11 Å². The summed E-state index contributed by atoms with van der Waals surface area (Å²) in [6, 6.07) is 4.07. The summed E-state index contributed by atoms with van der Waals surface area (Å²) in [5, 5.41) is 6.74. The van der Waals surface area contributed by atoms with Crippen molar-refractivity contribution in [3.63, 3.8) is 0 Å². The fourth-order valence-electron chi connectivity index (χ4n) is 3.72. The predicted molar refractivity (Wildman–Crippen MR) is 101 cm³/mol. The average molecular weight is 359 g/mol. The second-order valence-corrected chi connectivity index (χ2v) is 7.03. The van der Waals surface area contributed by atoms with Crippen LogP contribution in [-0.4, -0.2) is 55.0 Å². The van der Waals surface area contributed by atoms with Crippen LogP contribution in [0.1, 0.15) is 37.7 Å². The van der Waals surface area contributed by atoms with Gasteiger partial charge in [0, 0.05) is 50.9 Å². The van der Waals surface area contributed by atoms with Crippen molar-refractivity contribution in [3.8, 4) is 5.88 Å². The van der Waals surface area contributed by atoms with E-state index >= 15 is 0 Å². The summed E-state index contributed by atoms with van der Waals surface area (Å²) in [6.07, 6.45) is 7.27. The molecule has 1 aliphatic heterocycles. The van der Waals surface area contributed by atoms with Crippen LogP contribution < -0.4 is 15.4 Å². The normalized spacial score (nSPS) is 21.1. The van der Waals surface area contributed by atoms with Gasteiger partial charge in [-0.25, -0.2) is 4.98 Å². The topological polar surface area (TPSA) is 78.9 Å². The Labute approximate surface area is 155 Å². The van der Waals surface area contributed by atoms with Gasteiger partial charge in [-0.05, 0) is 24.8 Å². The highest BCUT2D eigenvalue weighted by molar-refractivity contribution is 5.81. The maximum Gasteiger partial charge on any atom is 0.225 e. The molecule has 2 aliphatic rings. The molecule has 3 rings (SSSR count). The van der Waals surface area contributed by atoms with E-state index in [9.17, 15) is 4.79 Å². The molecule has 0 radical (unpaired) electrons. The van der Waals surface area contributed by atoms with E-state index < -0.39 is 0 Å². The zero-order valence-corrected chi connectivity index (χ0v) is 15.7. The lowest BCUT2D eigenvalue weighted by Gasteiger charge is -2.21. The molecule has 0 bridgehead atoms. The Hall–Kier alpha value is -2.31. The number of aliphatic imine (C=N–C) groups is 1. The molecule has 2 fully saturated rings. The minimum Gasteiger partial charge on any atom is -0.481 e. The molecule has 7 heteroatoms. The van der Waals surface area contributed by atoms with Crippen LogP contribution in [0.3, 0.4) is 0 Å². The van der Waals surface area contributed by atoms with Crippen LogP contribution in [0.25, 0.3) is 0 Å². The number of amides is 1. The molecule has 1 atom stereocenters. The number of carbonyl (C=O) groups is 1. The minimum absolute atomic E-state index is 0.251. The number of hydrogen-bond donors (Lipinski definition) is 2. The smallest absolute Gasteiger partial charge is 0.225 e. The van der Waals surface area contributed by atoms with Gasteiger partial charge in [-0.1, -0.05) is 18.9 Å². The molecule has 1 aromatic heterocycles. The standard InChI is InChI=1S/C19H29N5O2/c1-20-19(22-12-14-7-8-17(26-2)21-11-14)23-16-9-10-24(13-16)18(25)15-5-3-4-6-15/h7-8,11,15-16H,3-6,9-10,12-13H2,1-2H3,(H2,20,22,23). The van der Waals surface area contributed by atoms with Crippen molar-refractivity contribution in [1.82, 2.24) is 20.5 Å². The molecular formula is C19H29N5O2. The average Bonchev–Trinajstić information content (AvgIpc) is 3.37. The van der Waals surface area contributed by atoms with E-state index in [-0.39, 0.29) is 12.0 Å². The van der Waals surface area contributed by atoms with Gasteiger partial charge in [-0.15, -0.1) is 0 Å². The van der Waals surface area contributed by atoms with Crippen LogP contribution in [0, 0.1) is 5.92 Å². The van der Waals surface area contributed by atoms with E-state index in [0.29, 0.717) is 18.3 Å². The quantitative estimate of drug-likeness (QED) is 0.616. The highest BCUT2D eigenvalue weighted by Gasteiger charge is 2.32. The predicted octanol–water partition coefficient (Wildman–Crippen LogP) is 1.55. The summed E-state index contributed by atoms with van der Waals surface area (Å²) >= 11 is 0. The number of guanidine groups is 1. The highest BCUT2D eigenvalue weighted by Crippen LogP contribution is 2.27. The van der Waals surface area contributed by atoms with Gasteiger partial charge in [-0.3, -0.25) is 9.79 Å². The molecule has 7 nitrogen and oxygen atoms in total. The van der Waals surface area contributed by atoms with E-state index in [1.54, 1.807) is 20.4 Å². The molecule has 2 heterocycles. The first-order valence-corrected chi connectivity index (χ1v) is 9.44. The summed E-state index contributed by atoms with van der Waals surface area (Å²) in [4.78, 5) is 23.1. The van der Waals surface area contributed by atoms with Crippen LogP contribution in [0.5, 0.6) is 5.88 Å². The minimum atomic E-state index is 0.251. The lowest BCUT2D eigenvalue weighted by molar-refractivity contribution is -0.134. The van der Waals surface area contributed by atoms with Crippen LogP contribution in [-0.2, 0) is 11.3 Å². The van der Waals surface area contributed by atoms with Gasteiger partial charge >= 0.3 is 0 Å². The molecule has 1 aliphatic carbocycles. The number of carbonyl (C=O) groups excluding carboxylic acids is 1. The van der Waals surface area contributed by atoms with Gasteiger partial charge in [0.25, 0.3) is 0 Å². The van der Waals surface area contributed by atoms with Crippen molar-refractivity contribution in [2.24, 2.45) is 10.9 Å². The van der Waals surface area contributed by atoms with Crippen molar-refractivity contribution < 1.29 is 9.53 Å². The van der Waals surface area contributed by atoms with Gasteiger partial charge in [0.1, 0.15) is 0 Å². The summed E-state index contributed by atoms with van der Waals surface area (Å²) in [5.74, 6) is 1.96. The van der Waals surface area contributed by atoms with Crippen molar-refractivity contribution >= 4 is 11.9 Å². The van der Waals surface area contributed by atoms with Gasteiger partial charge in [0.15, 0.2) is 5.96 Å². The third-order valence-corrected chi connectivity index (χ3v) is 5.24. The molecule has 1 unspecified atom stereocenters. The Kier molecular flexibility index (Phi) is 6.30. The number of aromatic nitrogens is 1. The van der Waals surface area contributed by atoms with E-state index in [2.05, 4.69) is 20.6 Å². The summed E-state index contributed by atoms with van der Waals surface area (Å²) in [7, 11) is 3.37. The van der Waals surface area contributed by atoms with Crippen molar-refractivity contribution in [2.45, 2.75) is 44.7 Å². The number of methoxy groups -OCH3 is 1. The lowest BCUT2D eigenvalue weighted by Crippen LogP contribution is -2.45. The van der Waals surface area contributed by atoms with E-state index in [4.69, 9.17) is 4.74 Å². The second kappa shape index (κ2) is 8.87. The Bertz CT molecular complexity index is 625. The fraction of sp³-hybridized carbons (Fsp3) is 0.632. The Morgan fingerprint density at radius 3 is 2.81 bits per heavy atom. The Morgan fingerprint density at radius 1 is 1.35 bits per heavy atom. The Balaban J connectivity index is 1.45. The van der Waals surface area contributed by atoms with E-state index in [0.717, 1.165) is 43.9 Å². The first-order chi connectivity index (χ1) is 12.7. The van der Waals surface area contributed by atoms with Crippen LogP contribution in [0.4, 0.5) is 0 Å². The van der Waals surface area contributed by atoms with E-state index in [1.165, 1.54) is 12.8 Å². The SMILES string of the molecule is CN=C(NCc1ccc(OC)nc1)NC1CCN(C(=O)C2CCCC2)C1. The molecule has 1 amide bonds. The van der Waals surface area contributed by atoms with Crippen LogP contribution >= 0.6 is 0 Å². The van der Waals surface area contributed by atoms with Crippen molar-refractivity contribution in [3.05, 3.63) is 23.9 Å².